The summed E-state index contributed by atoms with van der Waals surface area (Å²) in [4.78, 5) is 0. The van der Waals surface area contributed by atoms with E-state index in [1.54, 1.807) is 0 Å². The van der Waals surface area contributed by atoms with Gasteiger partial charge in [-0.2, -0.15) is 0 Å². The first-order valence-electron chi connectivity index (χ1n) is 7.39. The molecule has 0 saturated carbocycles. The van der Waals surface area contributed by atoms with Crippen molar-refractivity contribution in [2.75, 3.05) is 20.3 Å². The molecule has 3 heteroatoms. The summed E-state index contributed by atoms with van der Waals surface area (Å²) in [6.45, 7) is 10.6. The second kappa shape index (κ2) is 7.46. The Balaban J connectivity index is 2.49. The molecule has 0 aromatic rings. The highest BCUT2D eigenvalue weighted by Crippen LogP contribution is 2.28. The monoisotopic (exact) mass is 257 g/mol. The molecular weight excluding hydrogens is 226 g/mol. The molecule has 18 heavy (non-hydrogen) atoms. The molecule has 108 valence electrons. The third-order valence-electron chi connectivity index (χ3n) is 3.76. The molecule has 1 heterocycles. The number of hydrogen-bond acceptors (Lipinski definition) is 3. The van der Waals surface area contributed by atoms with E-state index in [0.29, 0.717) is 12.1 Å². The van der Waals surface area contributed by atoms with Crippen LogP contribution < -0.4 is 5.32 Å². The molecule has 3 nitrogen and oxygen atoms in total. The van der Waals surface area contributed by atoms with Gasteiger partial charge >= 0.3 is 0 Å². The molecule has 3 unspecified atom stereocenters. The van der Waals surface area contributed by atoms with Gasteiger partial charge in [0.25, 0.3) is 0 Å². The zero-order valence-electron chi connectivity index (χ0n) is 12.8. The molecule has 0 amide bonds. The first kappa shape index (κ1) is 15.9. The molecule has 0 aromatic carbocycles. The van der Waals surface area contributed by atoms with Gasteiger partial charge in [-0.15, -0.1) is 0 Å². The van der Waals surface area contributed by atoms with Gasteiger partial charge < -0.3 is 14.8 Å². The lowest BCUT2D eigenvalue weighted by molar-refractivity contribution is -0.0386. The van der Waals surface area contributed by atoms with Gasteiger partial charge in [0.2, 0.25) is 0 Å². The van der Waals surface area contributed by atoms with Crippen molar-refractivity contribution < 1.29 is 9.47 Å². The fraction of sp³-hybridized carbons (Fsp3) is 1.00. The minimum atomic E-state index is 0.167. The Morgan fingerprint density at radius 3 is 2.56 bits per heavy atom. The highest BCUT2D eigenvalue weighted by molar-refractivity contribution is 4.86. The summed E-state index contributed by atoms with van der Waals surface area (Å²) in [6.07, 6.45) is 5.46. The quantitative estimate of drug-likeness (QED) is 0.760. The average molecular weight is 257 g/mol. The highest BCUT2D eigenvalue weighted by atomic mass is 16.5. The number of rotatable bonds is 7. The average Bonchev–Trinajstić information content (AvgIpc) is 2.80. The number of hydrogen-bond donors (Lipinski definition) is 1. The Hall–Kier alpha value is -0.120. The van der Waals surface area contributed by atoms with E-state index in [4.69, 9.17) is 9.47 Å². The van der Waals surface area contributed by atoms with Crippen LogP contribution in [0.3, 0.4) is 0 Å². The number of nitrogens with one attached hydrogen (secondary N) is 1. The lowest BCUT2D eigenvalue weighted by Crippen LogP contribution is -2.47. The maximum atomic E-state index is 5.97. The summed E-state index contributed by atoms with van der Waals surface area (Å²) < 4.78 is 11.7. The van der Waals surface area contributed by atoms with E-state index < -0.39 is 0 Å². The van der Waals surface area contributed by atoms with Gasteiger partial charge in [0.15, 0.2) is 0 Å². The van der Waals surface area contributed by atoms with Crippen LogP contribution in [0.5, 0.6) is 0 Å². The van der Waals surface area contributed by atoms with Crippen LogP contribution in [-0.4, -0.2) is 38.5 Å². The molecule has 1 fully saturated rings. The first-order valence-corrected chi connectivity index (χ1v) is 7.39. The molecular formula is C15H31NO2. The van der Waals surface area contributed by atoms with Crippen LogP contribution in [0.25, 0.3) is 0 Å². The van der Waals surface area contributed by atoms with Gasteiger partial charge in [0, 0.05) is 19.3 Å². The predicted octanol–water partition coefficient (Wildman–Crippen LogP) is 2.98. The Kier molecular flexibility index (Phi) is 6.61. The Morgan fingerprint density at radius 1 is 1.39 bits per heavy atom. The van der Waals surface area contributed by atoms with Crippen molar-refractivity contribution in [3.8, 4) is 0 Å². The van der Waals surface area contributed by atoms with Crippen molar-refractivity contribution in [2.24, 2.45) is 5.41 Å². The topological polar surface area (TPSA) is 30.5 Å². The van der Waals surface area contributed by atoms with Crippen molar-refractivity contribution in [3.05, 3.63) is 0 Å². The van der Waals surface area contributed by atoms with Crippen LogP contribution in [0.15, 0.2) is 0 Å². The van der Waals surface area contributed by atoms with Crippen molar-refractivity contribution in [1.82, 2.24) is 5.32 Å². The van der Waals surface area contributed by atoms with Crippen molar-refractivity contribution in [2.45, 2.75) is 71.6 Å². The molecule has 0 radical (unpaired) electrons. The predicted molar refractivity (Wildman–Crippen MR) is 75.9 cm³/mol. The molecule has 0 aromatic heterocycles. The van der Waals surface area contributed by atoms with Gasteiger partial charge in [-0.1, -0.05) is 20.8 Å². The zero-order valence-corrected chi connectivity index (χ0v) is 12.8. The summed E-state index contributed by atoms with van der Waals surface area (Å²) in [6, 6.07) is 0.411. The zero-order chi connectivity index (χ0) is 13.6. The second-order valence-corrected chi connectivity index (χ2v) is 6.35. The largest absolute Gasteiger partial charge is 0.378 e. The minimum absolute atomic E-state index is 0.167. The first-order chi connectivity index (χ1) is 8.49. The van der Waals surface area contributed by atoms with E-state index in [0.717, 1.165) is 26.1 Å². The Bertz CT molecular complexity index is 219. The van der Waals surface area contributed by atoms with E-state index in [-0.39, 0.29) is 11.5 Å². The Labute approximate surface area is 113 Å². The standard InChI is InChI=1S/C15H31NO2/c1-6-17-14(15(2,3)4)13(16-5)10-9-12-8-7-11-18-12/h12-14,16H,6-11H2,1-5H3. The molecule has 0 spiro atoms. The second-order valence-electron chi connectivity index (χ2n) is 6.35. The maximum Gasteiger partial charge on any atom is 0.0775 e. The van der Waals surface area contributed by atoms with Gasteiger partial charge in [-0.25, -0.2) is 0 Å². The SMILES string of the molecule is CCOC(C(CCC1CCCO1)NC)C(C)(C)C. The van der Waals surface area contributed by atoms with Crippen LogP contribution in [0, 0.1) is 5.41 Å². The van der Waals surface area contributed by atoms with E-state index in [1.165, 1.54) is 12.8 Å². The summed E-state index contributed by atoms with van der Waals surface area (Å²) in [5.41, 5.74) is 0.167. The van der Waals surface area contributed by atoms with Crippen molar-refractivity contribution in [1.29, 1.82) is 0 Å². The number of likely N-dealkylation sites (N-methyl/N-ethyl adjacent to an activating group) is 1. The Morgan fingerprint density at radius 2 is 2.11 bits per heavy atom. The van der Waals surface area contributed by atoms with Crippen molar-refractivity contribution in [3.63, 3.8) is 0 Å². The molecule has 0 bridgehead atoms. The number of ether oxygens (including phenoxy) is 2. The maximum absolute atomic E-state index is 5.97. The lowest BCUT2D eigenvalue weighted by Gasteiger charge is -2.37. The van der Waals surface area contributed by atoms with E-state index >= 15 is 0 Å². The summed E-state index contributed by atoms with van der Waals surface area (Å²) in [7, 11) is 2.04. The van der Waals surface area contributed by atoms with Gasteiger partial charge in [-0.05, 0) is 45.1 Å². The van der Waals surface area contributed by atoms with Crippen LogP contribution in [-0.2, 0) is 9.47 Å². The van der Waals surface area contributed by atoms with Crippen LogP contribution in [0.4, 0.5) is 0 Å². The smallest absolute Gasteiger partial charge is 0.0775 e. The van der Waals surface area contributed by atoms with Gasteiger partial charge in [0.1, 0.15) is 0 Å². The van der Waals surface area contributed by atoms with Gasteiger partial charge in [0.05, 0.1) is 12.2 Å². The van der Waals surface area contributed by atoms with Gasteiger partial charge in [-0.3, -0.25) is 0 Å². The van der Waals surface area contributed by atoms with Crippen LogP contribution in [0.2, 0.25) is 0 Å². The summed E-state index contributed by atoms with van der Waals surface area (Å²) in [5.74, 6) is 0. The molecule has 1 saturated heterocycles. The molecule has 1 aliphatic heterocycles. The molecule has 1 aliphatic rings. The van der Waals surface area contributed by atoms with E-state index in [1.807, 2.05) is 7.05 Å². The summed E-state index contributed by atoms with van der Waals surface area (Å²) in [5, 5.41) is 3.44. The van der Waals surface area contributed by atoms with E-state index in [9.17, 15) is 0 Å². The fourth-order valence-corrected chi connectivity index (χ4v) is 2.83. The highest BCUT2D eigenvalue weighted by Gasteiger charge is 2.32. The van der Waals surface area contributed by atoms with Crippen LogP contribution >= 0.6 is 0 Å². The molecule has 0 aliphatic carbocycles. The normalized spacial score (nSPS) is 24.2. The van der Waals surface area contributed by atoms with Crippen LogP contribution in [0.1, 0.15) is 53.4 Å². The third-order valence-corrected chi connectivity index (χ3v) is 3.76. The minimum Gasteiger partial charge on any atom is -0.378 e. The molecule has 3 atom stereocenters. The lowest BCUT2D eigenvalue weighted by atomic mass is 9.82. The third kappa shape index (κ3) is 4.87. The van der Waals surface area contributed by atoms with Crippen molar-refractivity contribution >= 4 is 0 Å². The summed E-state index contributed by atoms with van der Waals surface area (Å²) >= 11 is 0. The molecule has 1 N–H and O–H groups in total. The molecule has 1 rings (SSSR count). The fourth-order valence-electron chi connectivity index (χ4n) is 2.83. The van der Waals surface area contributed by atoms with E-state index in [2.05, 4.69) is 33.0 Å².